The van der Waals surface area contributed by atoms with Crippen LogP contribution in [0.25, 0.3) is 0 Å². The first-order valence-corrected chi connectivity index (χ1v) is 7.21. The second-order valence-electron chi connectivity index (χ2n) is 4.66. The Kier molecular flexibility index (Phi) is 13.5. The number of hydrogen-bond acceptors (Lipinski definition) is 5. The van der Waals surface area contributed by atoms with Crippen molar-refractivity contribution in [1.82, 2.24) is 5.32 Å². The summed E-state index contributed by atoms with van der Waals surface area (Å²) in [6.45, 7) is 2.94. The maximum absolute atomic E-state index is 11.1. The van der Waals surface area contributed by atoms with E-state index in [4.69, 9.17) is 25.5 Å². The van der Waals surface area contributed by atoms with E-state index in [0.29, 0.717) is 32.4 Å². The maximum atomic E-state index is 11.1. The van der Waals surface area contributed by atoms with E-state index in [1.165, 1.54) is 0 Å². The van der Waals surface area contributed by atoms with Crippen molar-refractivity contribution < 1.29 is 42.5 Å². The van der Waals surface area contributed by atoms with Crippen LogP contribution in [0, 0.1) is 0 Å². The fourth-order valence-electron chi connectivity index (χ4n) is 1.16. The Balaban J connectivity index is 0. The average Bonchev–Trinajstić information content (AvgIpc) is 2.46. The van der Waals surface area contributed by atoms with Crippen LogP contribution in [-0.4, -0.2) is 53.6 Å². The van der Waals surface area contributed by atoms with Crippen molar-refractivity contribution in [2.24, 2.45) is 5.73 Å². The first-order valence-electron chi connectivity index (χ1n) is 7.21. The molecule has 0 rings (SSSR count). The molecule has 0 radical (unpaired) electrons. The Labute approximate surface area is 137 Å². The number of nitrogens with two attached hydrogens (primary N) is 1. The minimum atomic E-state index is -5.08. The summed E-state index contributed by atoms with van der Waals surface area (Å²) in [6.07, 6.45) is -1.86. The van der Waals surface area contributed by atoms with Crippen LogP contribution in [0.1, 0.15) is 39.0 Å². The van der Waals surface area contributed by atoms with E-state index < -0.39 is 30.2 Å². The Hall–Kier alpha value is -2.04. The number of alkyl halides is 3. The molecule has 0 aliphatic heterocycles. The quantitative estimate of drug-likeness (QED) is 0.459. The van der Waals surface area contributed by atoms with Gasteiger partial charge in [0.25, 0.3) is 0 Å². The Morgan fingerprint density at radius 3 is 2.12 bits per heavy atom. The SMILES string of the molecule is CCCCOC(=O)NCCCC[C@H](N)C(=O)O.O=C(O)C(F)(F)F. The lowest BCUT2D eigenvalue weighted by molar-refractivity contribution is -0.192. The van der Waals surface area contributed by atoms with E-state index in [9.17, 15) is 22.8 Å². The van der Waals surface area contributed by atoms with Gasteiger partial charge in [0.05, 0.1) is 6.61 Å². The monoisotopic (exact) mass is 360 g/mol. The number of alkyl carbamates (subject to hydrolysis) is 1. The summed E-state index contributed by atoms with van der Waals surface area (Å²) in [6, 6.07) is -0.813. The van der Waals surface area contributed by atoms with Gasteiger partial charge in [0.1, 0.15) is 6.04 Å². The summed E-state index contributed by atoms with van der Waals surface area (Å²) in [5.74, 6) is -3.75. The maximum Gasteiger partial charge on any atom is 0.490 e. The number of ether oxygens (including phenoxy) is 1. The molecule has 1 amide bonds. The van der Waals surface area contributed by atoms with Gasteiger partial charge in [0.2, 0.25) is 0 Å². The van der Waals surface area contributed by atoms with Crippen molar-refractivity contribution in [2.75, 3.05) is 13.2 Å². The second-order valence-corrected chi connectivity index (χ2v) is 4.66. The first-order chi connectivity index (χ1) is 11.0. The molecule has 8 nitrogen and oxygen atoms in total. The highest BCUT2D eigenvalue weighted by molar-refractivity contribution is 5.73. The minimum absolute atomic E-state index is 0.416. The molecule has 0 aromatic carbocycles. The van der Waals surface area contributed by atoms with E-state index in [2.05, 4.69) is 5.32 Å². The van der Waals surface area contributed by atoms with Crippen LogP contribution in [0.4, 0.5) is 18.0 Å². The number of carboxylic acids is 2. The topological polar surface area (TPSA) is 139 Å². The fourth-order valence-corrected chi connectivity index (χ4v) is 1.16. The third kappa shape index (κ3) is 16.3. The number of unbranched alkanes of at least 4 members (excludes halogenated alkanes) is 2. The lowest BCUT2D eigenvalue weighted by Crippen LogP contribution is -2.30. The van der Waals surface area contributed by atoms with Crippen LogP contribution in [0.2, 0.25) is 0 Å². The highest BCUT2D eigenvalue weighted by atomic mass is 19.4. The first kappa shape index (κ1) is 24.2. The number of aliphatic carboxylic acids is 2. The lowest BCUT2D eigenvalue weighted by atomic mass is 10.1. The van der Waals surface area contributed by atoms with Crippen molar-refractivity contribution >= 4 is 18.0 Å². The highest BCUT2D eigenvalue weighted by Crippen LogP contribution is 2.13. The highest BCUT2D eigenvalue weighted by Gasteiger charge is 2.38. The predicted molar refractivity (Wildman–Crippen MR) is 77.4 cm³/mol. The molecule has 0 saturated heterocycles. The van der Waals surface area contributed by atoms with Crippen LogP contribution in [0.5, 0.6) is 0 Å². The molecular formula is C13H23F3N2O6. The zero-order valence-electron chi connectivity index (χ0n) is 13.3. The molecule has 0 fully saturated rings. The Morgan fingerprint density at radius 1 is 1.17 bits per heavy atom. The van der Waals surface area contributed by atoms with E-state index in [1.807, 2.05) is 6.92 Å². The number of halogens is 3. The van der Waals surface area contributed by atoms with E-state index in [0.717, 1.165) is 12.8 Å². The molecule has 24 heavy (non-hydrogen) atoms. The summed E-state index contributed by atoms with van der Waals surface area (Å²) in [4.78, 5) is 30.4. The summed E-state index contributed by atoms with van der Waals surface area (Å²) in [5, 5.41) is 18.3. The predicted octanol–water partition coefficient (Wildman–Crippen LogP) is 1.73. The van der Waals surface area contributed by atoms with Crippen LogP contribution in [0.3, 0.4) is 0 Å². The summed E-state index contributed by atoms with van der Waals surface area (Å²) in [7, 11) is 0. The molecule has 0 aliphatic rings. The second kappa shape index (κ2) is 13.4. The van der Waals surface area contributed by atoms with Gasteiger partial charge in [-0.05, 0) is 25.7 Å². The molecule has 0 aromatic heterocycles. The molecule has 0 saturated carbocycles. The molecular weight excluding hydrogens is 337 g/mol. The van der Waals surface area contributed by atoms with Crippen LogP contribution < -0.4 is 11.1 Å². The van der Waals surface area contributed by atoms with Crippen molar-refractivity contribution in [2.45, 2.75) is 51.2 Å². The molecule has 0 spiro atoms. The number of hydrogen-bond donors (Lipinski definition) is 4. The van der Waals surface area contributed by atoms with Gasteiger partial charge in [-0.25, -0.2) is 9.59 Å². The molecule has 0 aliphatic carbocycles. The molecule has 0 aromatic rings. The number of rotatable bonds is 9. The third-order valence-electron chi connectivity index (χ3n) is 2.50. The summed E-state index contributed by atoms with van der Waals surface area (Å²) >= 11 is 0. The largest absolute Gasteiger partial charge is 0.490 e. The van der Waals surface area contributed by atoms with E-state index in [1.54, 1.807) is 0 Å². The summed E-state index contributed by atoms with van der Waals surface area (Å²) in [5.41, 5.74) is 5.33. The molecule has 142 valence electrons. The van der Waals surface area contributed by atoms with Gasteiger partial charge < -0.3 is 26.0 Å². The van der Waals surface area contributed by atoms with E-state index in [-0.39, 0.29) is 0 Å². The zero-order chi connectivity index (χ0) is 19.2. The molecule has 1 atom stereocenters. The number of carbonyl (C=O) groups excluding carboxylic acids is 1. The Morgan fingerprint density at radius 2 is 1.71 bits per heavy atom. The van der Waals surface area contributed by atoms with Crippen molar-refractivity contribution in [1.29, 1.82) is 0 Å². The fraction of sp³-hybridized carbons (Fsp3) is 0.769. The van der Waals surface area contributed by atoms with E-state index >= 15 is 0 Å². The number of carboxylic acid groups (broad SMARTS) is 2. The lowest BCUT2D eigenvalue weighted by Gasteiger charge is -2.07. The van der Waals surface area contributed by atoms with Gasteiger partial charge in [0, 0.05) is 6.54 Å². The number of nitrogens with one attached hydrogen (secondary N) is 1. The minimum Gasteiger partial charge on any atom is -0.480 e. The van der Waals surface area contributed by atoms with Gasteiger partial charge in [0.15, 0.2) is 0 Å². The molecule has 0 unspecified atom stereocenters. The normalized spacial score (nSPS) is 11.7. The average molecular weight is 360 g/mol. The van der Waals surface area contributed by atoms with Gasteiger partial charge in [-0.2, -0.15) is 13.2 Å². The number of amides is 1. The molecule has 5 N–H and O–H groups in total. The van der Waals surface area contributed by atoms with Gasteiger partial charge in [-0.1, -0.05) is 13.3 Å². The molecule has 0 heterocycles. The van der Waals surface area contributed by atoms with Gasteiger partial charge in [-0.15, -0.1) is 0 Å². The third-order valence-corrected chi connectivity index (χ3v) is 2.50. The van der Waals surface area contributed by atoms with Gasteiger partial charge >= 0.3 is 24.2 Å². The van der Waals surface area contributed by atoms with Crippen molar-refractivity contribution in [3.63, 3.8) is 0 Å². The van der Waals surface area contributed by atoms with Crippen molar-refractivity contribution in [3.05, 3.63) is 0 Å². The van der Waals surface area contributed by atoms with Crippen LogP contribution >= 0.6 is 0 Å². The molecule has 0 bridgehead atoms. The van der Waals surface area contributed by atoms with Gasteiger partial charge in [-0.3, -0.25) is 4.79 Å². The Bertz CT molecular complexity index is 390. The summed E-state index contributed by atoms with van der Waals surface area (Å²) < 4.78 is 36.6. The van der Waals surface area contributed by atoms with Crippen LogP contribution in [-0.2, 0) is 14.3 Å². The number of carbonyl (C=O) groups is 3. The van der Waals surface area contributed by atoms with Crippen LogP contribution in [0.15, 0.2) is 0 Å². The molecule has 11 heteroatoms. The van der Waals surface area contributed by atoms with Crippen molar-refractivity contribution in [3.8, 4) is 0 Å². The smallest absolute Gasteiger partial charge is 0.480 e. The standard InChI is InChI=1S/C11H22N2O4.C2HF3O2/c1-2-3-8-17-11(16)13-7-5-4-6-9(12)10(14)15;3-2(4,5)1(6)7/h9H,2-8,12H2,1H3,(H,13,16)(H,14,15);(H,6,7)/t9-;/m0./s1. The zero-order valence-corrected chi connectivity index (χ0v) is 13.3.